The van der Waals surface area contributed by atoms with Crippen LogP contribution in [-0.4, -0.2) is 9.97 Å². The Balaban J connectivity index is 0.000000461. The van der Waals surface area contributed by atoms with Crippen LogP contribution < -0.4 is 5.56 Å². The second-order valence-electron chi connectivity index (χ2n) is 2.71. The summed E-state index contributed by atoms with van der Waals surface area (Å²) in [4.78, 5) is 17.6. The summed E-state index contributed by atoms with van der Waals surface area (Å²) >= 11 is 0. The van der Waals surface area contributed by atoms with Gasteiger partial charge in [0.25, 0.3) is 0 Å². The lowest BCUT2D eigenvalue weighted by Crippen LogP contribution is -2.03. The molecule has 0 amide bonds. The molecular weight excluding hydrogens is 176 g/mol. The molecule has 74 valence electrons. The fourth-order valence-electron chi connectivity index (χ4n) is 1.20. The third kappa shape index (κ3) is 1.99. The number of aromatic amines is 1. The molecule has 3 nitrogen and oxygen atoms in total. The molecular formula is C11H14N2O. The average molecular weight is 190 g/mol. The number of nitrogens with one attached hydrogen (secondary N) is 1. The monoisotopic (exact) mass is 190 g/mol. The summed E-state index contributed by atoms with van der Waals surface area (Å²) in [6, 6.07) is 5.22. The Morgan fingerprint density at radius 2 is 1.93 bits per heavy atom. The van der Waals surface area contributed by atoms with Crippen LogP contribution in [0.4, 0.5) is 0 Å². The largest absolute Gasteiger partial charge is 0.307 e. The van der Waals surface area contributed by atoms with Gasteiger partial charge in [-0.3, -0.25) is 4.79 Å². The van der Waals surface area contributed by atoms with Crippen LogP contribution in [0.1, 0.15) is 19.4 Å². The first kappa shape index (κ1) is 10.4. The molecule has 2 aromatic heterocycles. The molecule has 0 unspecified atom stereocenters. The molecule has 0 spiro atoms. The van der Waals surface area contributed by atoms with Crippen LogP contribution in [0.3, 0.4) is 0 Å². The van der Waals surface area contributed by atoms with Crippen LogP contribution in [0.5, 0.6) is 0 Å². The van der Waals surface area contributed by atoms with E-state index in [4.69, 9.17) is 0 Å². The normalized spacial score (nSPS) is 9.36. The van der Waals surface area contributed by atoms with Crippen molar-refractivity contribution in [1.82, 2.24) is 9.97 Å². The summed E-state index contributed by atoms with van der Waals surface area (Å²) in [7, 11) is 0. The van der Waals surface area contributed by atoms with Gasteiger partial charge < -0.3 is 4.98 Å². The van der Waals surface area contributed by atoms with Crippen molar-refractivity contribution in [3.05, 3.63) is 40.3 Å². The topological polar surface area (TPSA) is 45.8 Å². The van der Waals surface area contributed by atoms with E-state index in [-0.39, 0.29) is 5.56 Å². The molecule has 0 fully saturated rings. The van der Waals surface area contributed by atoms with Crippen molar-refractivity contribution >= 4 is 11.0 Å². The summed E-state index contributed by atoms with van der Waals surface area (Å²) in [6.45, 7) is 5.99. The summed E-state index contributed by atoms with van der Waals surface area (Å²) in [5, 5.41) is 0.997. The molecule has 14 heavy (non-hydrogen) atoms. The number of rotatable bonds is 0. The van der Waals surface area contributed by atoms with Gasteiger partial charge >= 0.3 is 0 Å². The molecule has 2 heterocycles. The van der Waals surface area contributed by atoms with Crippen molar-refractivity contribution in [1.29, 1.82) is 0 Å². The molecule has 0 bridgehead atoms. The first-order valence-electron chi connectivity index (χ1n) is 4.72. The second-order valence-corrected chi connectivity index (χ2v) is 2.71. The maximum Gasteiger partial charge on any atom is 0.249 e. The summed E-state index contributed by atoms with van der Waals surface area (Å²) in [5.74, 6) is 0. The number of H-pyrrole nitrogens is 1. The molecule has 0 saturated carbocycles. The molecule has 0 aromatic carbocycles. The number of fused-ring (bicyclic) bond motifs is 1. The van der Waals surface area contributed by atoms with E-state index in [0.29, 0.717) is 5.65 Å². The Bertz CT molecular complexity index is 474. The number of pyridine rings is 2. The van der Waals surface area contributed by atoms with Crippen molar-refractivity contribution in [2.75, 3.05) is 0 Å². The van der Waals surface area contributed by atoms with Gasteiger partial charge in [-0.25, -0.2) is 4.98 Å². The van der Waals surface area contributed by atoms with Gasteiger partial charge in [0.2, 0.25) is 5.56 Å². The smallest absolute Gasteiger partial charge is 0.249 e. The van der Waals surface area contributed by atoms with E-state index in [1.165, 1.54) is 6.07 Å². The standard InChI is InChI=1S/C9H8N2O.C2H6/c1-6-4-5-10-9-7(6)2-3-8(12)11-9;1-2/h2-5H,1H3,(H,10,11,12);1-2H3. The van der Waals surface area contributed by atoms with Crippen LogP contribution in [0, 0.1) is 6.92 Å². The lowest BCUT2D eigenvalue weighted by atomic mass is 10.2. The van der Waals surface area contributed by atoms with Gasteiger partial charge in [-0.15, -0.1) is 0 Å². The van der Waals surface area contributed by atoms with Crippen LogP contribution >= 0.6 is 0 Å². The van der Waals surface area contributed by atoms with Gasteiger partial charge in [0.15, 0.2) is 0 Å². The van der Waals surface area contributed by atoms with E-state index in [2.05, 4.69) is 9.97 Å². The number of hydrogen-bond donors (Lipinski definition) is 1. The fraction of sp³-hybridized carbons (Fsp3) is 0.273. The van der Waals surface area contributed by atoms with Crippen molar-refractivity contribution in [2.24, 2.45) is 0 Å². The molecule has 0 saturated heterocycles. The van der Waals surface area contributed by atoms with E-state index in [1.54, 1.807) is 12.3 Å². The predicted molar refractivity (Wildman–Crippen MR) is 58.4 cm³/mol. The van der Waals surface area contributed by atoms with E-state index >= 15 is 0 Å². The van der Waals surface area contributed by atoms with Gasteiger partial charge in [0, 0.05) is 17.6 Å². The second kappa shape index (κ2) is 4.56. The Labute approximate surface area is 82.8 Å². The Kier molecular flexibility index (Phi) is 3.40. The quantitative estimate of drug-likeness (QED) is 0.692. The van der Waals surface area contributed by atoms with Crippen LogP contribution in [-0.2, 0) is 0 Å². The van der Waals surface area contributed by atoms with Crippen molar-refractivity contribution < 1.29 is 0 Å². The highest BCUT2D eigenvalue weighted by Gasteiger charge is 1.96. The molecule has 0 radical (unpaired) electrons. The lowest BCUT2D eigenvalue weighted by Gasteiger charge is -1.97. The molecule has 0 atom stereocenters. The lowest BCUT2D eigenvalue weighted by molar-refractivity contribution is 1.22. The van der Waals surface area contributed by atoms with Gasteiger partial charge in [-0.1, -0.05) is 13.8 Å². The zero-order valence-corrected chi connectivity index (χ0v) is 8.66. The third-order valence-corrected chi connectivity index (χ3v) is 1.85. The van der Waals surface area contributed by atoms with Gasteiger partial charge in [0.1, 0.15) is 5.65 Å². The molecule has 3 heteroatoms. The summed E-state index contributed by atoms with van der Waals surface area (Å²) in [6.07, 6.45) is 1.69. The van der Waals surface area contributed by atoms with Crippen molar-refractivity contribution in [2.45, 2.75) is 20.8 Å². The van der Waals surface area contributed by atoms with E-state index < -0.39 is 0 Å². The maximum absolute atomic E-state index is 10.9. The predicted octanol–water partition coefficient (Wildman–Crippen LogP) is 2.26. The van der Waals surface area contributed by atoms with Crippen LogP contribution in [0.2, 0.25) is 0 Å². The third-order valence-electron chi connectivity index (χ3n) is 1.85. The zero-order chi connectivity index (χ0) is 10.6. The molecule has 1 N–H and O–H groups in total. The minimum atomic E-state index is -0.111. The molecule has 0 aliphatic carbocycles. The van der Waals surface area contributed by atoms with E-state index in [0.717, 1.165) is 10.9 Å². The van der Waals surface area contributed by atoms with Crippen molar-refractivity contribution in [3.8, 4) is 0 Å². The van der Waals surface area contributed by atoms with Crippen molar-refractivity contribution in [3.63, 3.8) is 0 Å². The van der Waals surface area contributed by atoms with Gasteiger partial charge in [-0.2, -0.15) is 0 Å². The van der Waals surface area contributed by atoms with Gasteiger partial charge in [-0.05, 0) is 24.6 Å². The number of hydrogen-bond acceptors (Lipinski definition) is 2. The summed E-state index contributed by atoms with van der Waals surface area (Å²) < 4.78 is 0. The Morgan fingerprint density at radius 1 is 1.21 bits per heavy atom. The zero-order valence-electron chi connectivity index (χ0n) is 8.66. The first-order valence-corrected chi connectivity index (χ1v) is 4.72. The maximum atomic E-state index is 10.9. The SMILES string of the molecule is CC.Cc1ccnc2[nH]c(=O)ccc12. The fourth-order valence-corrected chi connectivity index (χ4v) is 1.20. The summed E-state index contributed by atoms with van der Waals surface area (Å²) in [5.41, 5.74) is 1.67. The number of aryl methyl sites for hydroxylation is 1. The Hall–Kier alpha value is -1.64. The van der Waals surface area contributed by atoms with Crippen LogP contribution in [0.15, 0.2) is 29.2 Å². The highest BCUT2D eigenvalue weighted by molar-refractivity contribution is 5.77. The molecule has 2 rings (SSSR count). The minimum Gasteiger partial charge on any atom is -0.307 e. The van der Waals surface area contributed by atoms with E-state index in [1.807, 2.05) is 26.8 Å². The molecule has 0 aliphatic rings. The molecule has 2 aromatic rings. The number of nitrogens with zero attached hydrogens (tertiary/aromatic N) is 1. The van der Waals surface area contributed by atoms with Gasteiger partial charge in [0.05, 0.1) is 0 Å². The minimum absolute atomic E-state index is 0.111. The highest BCUT2D eigenvalue weighted by atomic mass is 16.1. The average Bonchev–Trinajstić information content (AvgIpc) is 2.21. The molecule has 0 aliphatic heterocycles. The number of aromatic nitrogens is 2. The first-order chi connectivity index (χ1) is 6.77. The van der Waals surface area contributed by atoms with Crippen LogP contribution in [0.25, 0.3) is 11.0 Å². The van der Waals surface area contributed by atoms with E-state index in [9.17, 15) is 4.79 Å². The highest BCUT2D eigenvalue weighted by Crippen LogP contribution is 2.10. The Morgan fingerprint density at radius 3 is 2.64 bits per heavy atom.